The largest absolute Gasteiger partial charge is 0.480 e. The number of carbonyl (C=O) groups is 2. The van der Waals surface area contributed by atoms with Crippen LogP contribution in [0.5, 0.6) is 5.88 Å². The Morgan fingerprint density at radius 2 is 2.12 bits per heavy atom. The summed E-state index contributed by atoms with van der Waals surface area (Å²) in [6, 6.07) is 3.33. The molecule has 0 radical (unpaired) electrons. The lowest BCUT2D eigenvalue weighted by Crippen LogP contribution is -2.53. The van der Waals surface area contributed by atoms with E-state index in [1.807, 2.05) is 11.8 Å². The third kappa shape index (κ3) is 2.84. The Labute approximate surface area is 140 Å². The predicted molar refractivity (Wildman–Crippen MR) is 84.7 cm³/mol. The van der Waals surface area contributed by atoms with E-state index in [4.69, 9.17) is 14.2 Å². The molecule has 0 spiro atoms. The number of esters is 1. The van der Waals surface area contributed by atoms with Gasteiger partial charge in [0.05, 0.1) is 26.4 Å². The summed E-state index contributed by atoms with van der Waals surface area (Å²) in [7, 11) is 2.84. The number of ether oxygens (including phenoxy) is 3. The third-order valence-corrected chi connectivity index (χ3v) is 4.82. The lowest BCUT2D eigenvalue weighted by atomic mass is 9.92. The van der Waals surface area contributed by atoms with Gasteiger partial charge in [-0.05, 0) is 31.9 Å². The van der Waals surface area contributed by atoms with Crippen LogP contribution in [0, 0.1) is 0 Å². The number of rotatable bonds is 3. The van der Waals surface area contributed by atoms with E-state index in [2.05, 4.69) is 4.98 Å². The number of methoxy groups -OCH3 is 2. The Morgan fingerprint density at radius 3 is 2.83 bits per heavy atom. The van der Waals surface area contributed by atoms with Crippen molar-refractivity contribution < 1.29 is 23.8 Å². The fraction of sp³-hybridized carbons (Fsp3) is 0.588. The van der Waals surface area contributed by atoms with Crippen LogP contribution < -0.4 is 4.74 Å². The highest BCUT2D eigenvalue weighted by Crippen LogP contribution is 2.36. The first-order valence-electron chi connectivity index (χ1n) is 8.11. The minimum atomic E-state index is -0.610. The second-order valence-electron chi connectivity index (χ2n) is 6.19. The first-order chi connectivity index (χ1) is 11.6. The highest BCUT2D eigenvalue weighted by Gasteiger charge is 2.48. The fourth-order valence-electron chi connectivity index (χ4n) is 3.64. The van der Waals surface area contributed by atoms with Crippen molar-refractivity contribution in [3.05, 3.63) is 23.9 Å². The van der Waals surface area contributed by atoms with Gasteiger partial charge in [-0.1, -0.05) is 0 Å². The van der Waals surface area contributed by atoms with Gasteiger partial charge in [0.25, 0.3) is 5.91 Å². The van der Waals surface area contributed by atoms with Crippen molar-refractivity contribution in [3.63, 3.8) is 0 Å². The maximum atomic E-state index is 13.1. The summed E-state index contributed by atoms with van der Waals surface area (Å²) in [4.78, 5) is 30.8. The molecule has 0 N–H and O–H groups in total. The first kappa shape index (κ1) is 16.7. The highest BCUT2D eigenvalue weighted by molar-refractivity contribution is 5.97. The molecule has 2 aliphatic rings. The highest BCUT2D eigenvalue weighted by atomic mass is 16.6. The topological polar surface area (TPSA) is 78.0 Å². The monoisotopic (exact) mass is 334 g/mol. The van der Waals surface area contributed by atoms with Gasteiger partial charge < -0.3 is 19.1 Å². The summed E-state index contributed by atoms with van der Waals surface area (Å²) >= 11 is 0. The third-order valence-electron chi connectivity index (χ3n) is 4.82. The molecule has 0 saturated carbocycles. The Balaban J connectivity index is 1.87. The lowest BCUT2D eigenvalue weighted by molar-refractivity contribution is -0.153. The van der Waals surface area contributed by atoms with Crippen molar-refractivity contribution in [2.45, 2.75) is 50.5 Å². The van der Waals surface area contributed by atoms with Crippen LogP contribution in [-0.2, 0) is 14.3 Å². The molecule has 1 aromatic heterocycles. The van der Waals surface area contributed by atoms with Gasteiger partial charge in [-0.2, -0.15) is 0 Å². The predicted octanol–water partition coefficient (Wildman–Crippen LogP) is 1.41. The van der Waals surface area contributed by atoms with Crippen molar-refractivity contribution in [1.29, 1.82) is 0 Å². The molecule has 24 heavy (non-hydrogen) atoms. The zero-order valence-electron chi connectivity index (χ0n) is 14.1. The van der Waals surface area contributed by atoms with Crippen molar-refractivity contribution in [1.82, 2.24) is 9.88 Å². The van der Waals surface area contributed by atoms with Gasteiger partial charge in [-0.25, -0.2) is 9.78 Å². The van der Waals surface area contributed by atoms with E-state index in [9.17, 15) is 9.59 Å². The molecule has 4 atom stereocenters. The number of carbonyl (C=O) groups excluding carboxylic acids is 2. The number of nitrogens with zero attached hydrogens (tertiary/aromatic N) is 2. The smallest absolute Gasteiger partial charge is 0.335 e. The van der Waals surface area contributed by atoms with E-state index in [1.54, 1.807) is 18.3 Å². The van der Waals surface area contributed by atoms with Crippen LogP contribution in [0.2, 0.25) is 0 Å². The molecule has 2 saturated heterocycles. The van der Waals surface area contributed by atoms with Gasteiger partial charge in [-0.3, -0.25) is 4.79 Å². The standard InChI is InChI=1S/C17H22N2O5/c1-10-6-7-13-12(9-14(24-13)17(21)23-3)19(10)16(20)11-5-4-8-18-15(11)22-2/h4-5,8,10,12-14H,6-7,9H2,1-3H3. The quantitative estimate of drug-likeness (QED) is 0.778. The van der Waals surface area contributed by atoms with Crippen LogP contribution in [0.4, 0.5) is 0 Å². The van der Waals surface area contributed by atoms with Gasteiger partial charge in [0.1, 0.15) is 5.56 Å². The van der Waals surface area contributed by atoms with E-state index in [0.717, 1.165) is 12.8 Å². The SMILES string of the molecule is COC(=O)C1CC2C(CCC(C)N2C(=O)c2cccnc2OC)O1. The number of likely N-dealkylation sites (tertiary alicyclic amines) is 1. The average molecular weight is 334 g/mol. The van der Waals surface area contributed by atoms with Gasteiger partial charge in [-0.15, -0.1) is 0 Å². The maximum absolute atomic E-state index is 13.1. The van der Waals surface area contributed by atoms with Crippen LogP contribution in [0.3, 0.4) is 0 Å². The van der Waals surface area contributed by atoms with E-state index in [0.29, 0.717) is 17.9 Å². The molecule has 3 heterocycles. The summed E-state index contributed by atoms with van der Waals surface area (Å²) in [5.74, 6) is -0.222. The van der Waals surface area contributed by atoms with Crippen LogP contribution in [-0.4, -0.2) is 60.3 Å². The lowest BCUT2D eigenvalue weighted by Gasteiger charge is -2.41. The van der Waals surface area contributed by atoms with Crippen LogP contribution in [0.15, 0.2) is 18.3 Å². The number of hydrogen-bond donors (Lipinski definition) is 0. The van der Waals surface area contributed by atoms with Crippen molar-refractivity contribution in [2.75, 3.05) is 14.2 Å². The summed E-state index contributed by atoms with van der Waals surface area (Å²) in [5, 5.41) is 0. The molecule has 7 nitrogen and oxygen atoms in total. The number of hydrogen-bond acceptors (Lipinski definition) is 6. The van der Waals surface area contributed by atoms with Gasteiger partial charge in [0.2, 0.25) is 5.88 Å². The molecule has 0 aliphatic carbocycles. The number of fused-ring (bicyclic) bond motifs is 1. The Hall–Kier alpha value is -2.15. The molecule has 2 aliphatic heterocycles. The molecule has 0 bridgehead atoms. The van der Waals surface area contributed by atoms with Gasteiger partial charge in [0, 0.05) is 18.7 Å². The zero-order valence-corrected chi connectivity index (χ0v) is 14.1. The van der Waals surface area contributed by atoms with Gasteiger partial charge >= 0.3 is 5.97 Å². The van der Waals surface area contributed by atoms with E-state index < -0.39 is 6.10 Å². The van der Waals surface area contributed by atoms with Crippen molar-refractivity contribution in [3.8, 4) is 5.88 Å². The number of amides is 1. The molecule has 3 rings (SSSR count). The minimum absolute atomic E-state index is 0.0589. The molecule has 130 valence electrons. The number of pyridine rings is 1. The fourth-order valence-corrected chi connectivity index (χ4v) is 3.64. The van der Waals surface area contributed by atoms with E-state index >= 15 is 0 Å². The molecule has 7 heteroatoms. The zero-order chi connectivity index (χ0) is 17.3. The Bertz CT molecular complexity index is 635. The second kappa shape index (κ2) is 6.76. The number of aromatic nitrogens is 1. The maximum Gasteiger partial charge on any atom is 0.335 e. The minimum Gasteiger partial charge on any atom is -0.480 e. The molecule has 2 fully saturated rings. The molecule has 4 unspecified atom stereocenters. The van der Waals surface area contributed by atoms with Crippen LogP contribution in [0.25, 0.3) is 0 Å². The van der Waals surface area contributed by atoms with Crippen molar-refractivity contribution in [2.24, 2.45) is 0 Å². The Morgan fingerprint density at radius 1 is 1.33 bits per heavy atom. The summed E-state index contributed by atoms with van der Waals surface area (Å²) < 4.78 is 15.8. The van der Waals surface area contributed by atoms with Crippen LogP contribution >= 0.6 is 0 Å². The summed E-state index contributed by atoms with van der Waals surface area (Å²) in [6.45, 7) is 2.02. The average Bonchev–Trinajstić information content (AvgIpc) is 3.04. The normalized spacial score (nSPS) is 29.0. The van der Waals surface area contributed by atoms with E-state index in [1.165, 1.54) is 14.2 Å². The van der Waals surface area contributed by atoms with Crippen molar-refractivity contribution >= 4 is 11.9 Å². The van der Waals surface area contributed by atoms with Crippen LogP contribution in [0.1, 0.15) is 36.5 Å². The summed E-state index contributed by atoms with van der Waals surface area (Å²) in [6.07, 6.45) is 2.94. The molecular weight excluding hydrogens is 312 g/mol. The Kier molecular flexibility index (Phi) is 4.71. The van der Waals surface area contributed by atoms with Gasteiger partial charge in [0.15, 0.2) is 6.10 Å². The molecule has 0 aromatic carbocycles. The molecule has 1 amide bonds. The first-order valence-corrected chi connectivity index (χ1v) is 8.11. The van der Waals surface area contributed by atoms with E-state index in [-0.39, 0.29) is 30.1 Å². The number of piperidine rings is 1. The molecule has 1 aromatic rings. The summed E-state index contributed by atoms with van der Waals surface area (Å²) in [5.41, 5.74) is 0.425. The second-order valence-corrected chi connectivity index (χ2v) is 6.19. The molecular formula is C17H22N2O5.